The molecule has 4 N–H and O–H groups in total. The third-order valence-corrected chi connectivity index (χ3v) is 3.38. The monoisotopic (exact) mass is 296 g/mol. The Morgan fingerprint density at radius 1 is 1.09 bits per heavy atom. The lowest BCUT2D eigenvalue weighted by Crippen LogP contribution is -2.18. The summed E-state index contributed by atoms with van der Waals surface area (Å²) in [5.41, 5.74) is 13.0. The lowest BCUT2D eigenvalue weighted by atomic mass is 9.90. The Labute approximate surface area is 125 Å². The van der Waals surface area contributed by atoms with E-state index in [4.69, 9.17) is 16.2 Å². The molecular weight excluding hydrogens is 284 g/mol. The van der Waals surface area contributed by atoms with Crippen molar-refractivity contribution in [3.05, 3.63) is 47.4 Å². The van der Waals surface area contributed by atoms with Gasteiger partial charge in [-0.2, -0.15) is 4.98 Å². The van der Waals surface area contributed by atoms with E-state index in [9.17, 15) is 9.59 Å². The van der Waals surface area contributed by atoms with Crippen molar-refractivity contribution in [2.45, 2.75) is 0 Å². The number of hydrogen-bond acceptors (Lipinski definition) is 7. The first-order valence-electron chi connectivity index (χ1n) is 6.38. The molecular formula is C15H12N4O3. The normalized spacial score (nSPS) is 13.6. The molecule has 3 rings (SSSR count). The van der Waals surface area contributed by atoms with Gasteiger partial charge in [0.15, 0.2) is 11.5 Å². The van der Waals surface area contributed by atoms with Gasteiger partial charge in [-0.15, -0.1) is 0 Å². The van der Waals surface area contributed by atoms with Crippen LogP contribution in [0.1, 0.15) is 20.7 Å². The van der Waals surface area contributed by atoms with Crippen molar-refractivity contribution in [2.75, 3.05) is 18.6 Å². The second kappa shape index (κ2) is 4.96. The van der Waals surface area contributed by atoms with E-state index in [2.05, 4.69) is 9.97 Å². The van der Waals surface area contributed by atoms with Crippen molar-refractivity contribution in [1.82, 2.24) is 9.97 Å². The van der Waals surface area contributed by atoms with Crippen LogP contribution in [0.15, 0.2) is 36.2 Å². The number of fused-ring (bicyclic) bond motifs is 1. The average Bonchev–Trinajstić information content (AvgIpc) is 2.50. The number of ketones is 2. The summed E-state index contributed by atoms with van der Waals surface area (Å²) in [7, 11) is 1.35. The van der Waals surface area contributed by atoms with Crippen molar-refractivity contribution in [2.24, 2.45) is 0 Å². The highest BCUT2D eigenvalue weighted by molar-refractivity contribution is 6.24. The zero-order chi connectivity index (χ0) is 15.9. The molecule has 7 nitrogen and oxygen atoms in total. The predicted octanol–water partition coefficient (Wildman–Crippen LogP) is 1.22. The summed E-state index contributed by atoms with van der Waals surface area (Å²) < 4.78 is 4.91. The van der Waals surface area contributed by atoms with E-state index in [0.29, 0.717) is 22.3 Å². The van der Waals surface area contributed by atoms with Gasteiger partial charge in [-0.1, -0.05) is 6.07 Å². The van der Waals surface area contributed by atoms with Crippen molar-refractivity contribution < 1.29 is 14.3 Å². The second-order valence-corrected chi connectivity index (χ2v) is 4.69. The van der Waals surface area contributed by atoms with Crippen LogP contribution >= 0.6 is 0 Å². The van der Waals surface area contributed by atoms with E-state index >= 15 is 0 Å². The zero-order valence-corrected chi connectivity index (χ0v) is 11.7. The van der Waals surface area contributed by atoms with Crippen LogP contribution in [0.5, 0.6) is 0 Å². The Hall–Kier alpha value is -3.22. The number of carbonyl (C=O) groups is 2. The van der Waals surface area contributed by atoms with Gasteiger partial charge in [0.05, 0.1) is 7.11 Å². The summed E-state index contributed by atoms with van der Waals surface area (Å²) in [6.07, 6.45) is 2.65. The third kappa shape index (κ3) is 2.08. The molecule has 22 heavy (non-hydrogen) atoms. The van der Waals surface area contributed by atoms with E-state index < -0.39 is 0 Å². The molecule has 1 aliphatic rings. The van der Waals surface area contributed by atoms with Crippen LogP contribution in [0.3, 0.4) is 0 Å². The fourth-order valence-corrected chi connectivity index (χ4v) is 2.29. The molecule has 0 atom stereocenters. The van der Waals surface area contributed by atoms with E-state index in [-0.39, 0.29) is 29.1 Å². The van der Waals surface area contributed by atoms with Crippen LogP contribution in [0.2, 0.25) is 0 Å². The van der Waals surface area contributed by atoms with Crippen molar-refractivity contribution in [3.8, 4) is 11.1 Å². The molecule has 0 saturated heterocycles. The van der Waals surface area contributed by atoms with Crippen LogP contribution in [-0.2, 0) is 4.74 Å². The van der Waals surface area contributed by atoms with Crippen LogP contribution < -0.4 is 11.5 Å². The number of nitrogens with zero attached hydrogens (tertiary/aromatic N) is 2. The first-order valence-corrected chi connectivity index (χ1v) is 6.38. The number of ether oxygens (including phenoxy) is 1. The molecule has 110 valence electrons. The summed E-state index contributed by atoms with van der Waals surface area (Å²) >= 11 is 0. The summed E-state index contributed by atoms with van der Waals surface area (Å²) in [6.45, 7) is 0. The van der Waals surface area contributed by atoms with Gasteiger partial charge < -0.3 is 16.2 Å². The Balaban J connectivity index is 2.13. The third-order valence-electron chi connectivity index (χ3n) is 3.38. The van der Waals surface area contributed by atoms with E-state index in [1.54, 1.807) is 18.2 Å². The quantitative estimate of drug-likeness (QED) is 0.854. The molecule has 7 heteroatoms. The molecule has 1 aliphatic carbocycles. The van der Waals surface area contributed by atoms with Crippen molar-refractivity contribution in [1.29, 1.82) is 0 Å². The first kappa shape index (κ1) is 13.7. The largest absolute Gasteiger partial charge is 0.492 e. The number of carbonyl (C=O) groups excluding carboxylic acids is 2. The molecule has 0 spiro atoms. The molecule has 1 aromatic carbocycles. The molecule has 0 unspecified atom stereocenters. The number of nitrogens with two attached hydrogens (primary N) is 2. The molecule has 1 heterocycles. The lowest BCUT2D eigenvalue weighted by Gasteiger charge is -2.15. The number of allylic oxidation sites excluding steroid dienone is 2. The summed E-state index contributed by atoms with van der Waals surface area (Å²) in [5, 5.41) is 0. The lowest BCUT2D eigenvalue weighted by molar-refractivity contribution is 0.0917. The van der Waals surface area contributed by atoms with Crippen LogP contribution in [-0.4, -0.2) is 28.6 Å². The maximum atomic E-state index is 12.1. The highest BCUT2D eigenvalue weighted by Crippen LogP contribution is 2.29. The number of hydrogen-bond donors (Lipinski definition) is 2. The van der Waals surface area contributed by atoms with Gasteiger partial charge in [-0.05, 0) is 17.7 Å². The van der Waals surface area contributed by atoms with Gasteiger partial charge in [0.2, 0.25) is 11.7 Å². The highest BCUT2D eigenvalue weighted by atomic mass is 16.5. The van der Waals surface area contributed by atoms with E-state index in [1.807, 2.05) is 0 Å². The van der Waals surface area contributed by atoms with Crippen LogP contribution in [0.25, 0.3) is 11.1 Å². The van der Waals surface area contributed by atoms with Gasteiger partial charge in [-0.3, -0.25) is 9.59 Å². The number of Topliss-reactive ketones (excluding diaryl/α,β-unsaturated/α-hetero) is 1. The number of benzene rings is 1. The minimum absolute atomic E-state index is 0.0283. The van der Waals surface area contributed by atoms with Gasteiger partial charge >= 0.3 is 0 Å². The standard InChI is InChI=1S/C15H12N4O3/c1-22-12-5-11(20)9-4-7(2-3-8(9)13(12)21)10-6-18-15(17)19-14(10)16/h2-6H,1H3,(H4,16,17,18,19). The van der Waals surface area contributed by atoms with Crippen LogP contribution in [0.4, 0.5) is 11.8 Å². The SMILES string of the molecule is COC1=CC(=O)c2cc(-c3cnc(N)nc3N)ccc2C1=O. The molecule has 0 aliphatic heterocycles. The minimum Gasteiger partial charge on any atom is -0.492 e. The molecule has 2 aromatic rings. The predicted molar refractivity (Wildman–Crippen MR) is 80.0 cm³/mol. The summed E-state index contributed by atoms with van der Waals surface area (Å²) in [6, 6.07) is 4.82. The molecule has 0 saturated carbocycles. The maximum Gasteiger partial charge on any atom is 0.228 e. The Bertz CT molecular complexity index is 843. The summed E-state index contributed by atoms with van der Waals surface area (Å²) in [4.78, 5) is 32.0. The number of nitrogen functional groups attached to an aromatic ring is 2. The molecule has 0 radical (unpaired) electrons. The number of rotatable bonds is 2. The first-order chi connectivity index (χ1) is 10.5. The van der Waals surface area contributed by atoms with Crippen LogP contribution in [0, 0.1) is 0 Å². The van der Waals surface area contributed by atoms with Gasteiger partial charge in [-0.25, -0.2) is 4.98 Å². The zero-order valence-electron chi connectivity index (χ0n) is 11.7. The van der Waals surface area contributed by atoms with Gasteiger partial charge in [0, 0.05) is 29.0 Å². The molecule has 1 aromatic heterocycles. The minimum atomic E-state index is -0.329. The Morgan fingerprint density at radius 2 is 1.86 bits per heavy atom. The summed E-state index contributed by atoms with van der Waals surface area (Å²) in [5.74, 6) is -0.331. The average molecular weight is 296 g/mol. The van der Waals surface area contributed by atoms with E-state index in [0.717, 1.165) is 0 Å². The Morgan fingerprint density at radius 3 is 2.55 bits per heavy atom. The number of aromatic nitrogens is 2. The van der Waals surface area contributed by atoms with E-state index in [1.165, 1.54) is 19.4 Å². The molecule has 0 bridgehead atoms. The smallest absolute Gasteiger partial charge is 0.228 e. The van der Waals surface area contributed by atoms with Gasteiger partial charge in [0.25, 0.3) is 0 Å². The van der Waals surface area contributed by atoms with Gasteiger partial charge in [0.1, 0.15) is 5.82 Å². The number of methoxy groups -OCH3 is 1. The van der Waals surface area contributed by atoms with Crippen molar-refractivity contribution in [3.63, 3.8) is 0 Å². The molecule has 0 amide bonds. The Kier molecular flexibility index (Phi) is 3.10. The topological polar surface area (TPSA) is 121 Å². The maximum absolute atomic E-state index is 12.1. The fraction of sp³-hybridized carbons (Fsp3) is 0.0667. The van der Waals surface area contributed by atoms with Crippen molar-refractivity contribution >= 4 is 23.3 Å². The molecule has 0 fully saturated rings. The number of anilines is 2. The fourth-order valence-electron chi connectivity index (χ4n) is 2.29. The highest BCUT2D eigenvalue weighted by Gasteiger charge is 2.26. The second-order valence-electron chi connectivity index (χ2n) is 4.69.